The topological polar surface area (TPSA) is 65.1 Å². The van der Waals surface area contributed by atoms with Gasteiger partial charge in [-0.3, -0.25) is 9.59 Å². The van der Waals surface area contributed by atoms with E-state index in [9.17, 15) is 9.59 Å². The van der Waals surface area contributed by atoms with E-state index in [4.69, 9.17) is 9.47 Å². The zero-order valence-electron chi connectivity index (χ0n) is 10.3. The minimum atomic E-state index is -0.468. The summed E-state index contributed by atoms with van der Waals surface area (Å²) in [6.45, 7) is 4.28. The number of methoxy groups -OCH3 is 1. The zero-order valence-corrected chi connectivity index (χ0v) is 10.3. The van der Waals surface area contributed by atoms with Crippen LogP contribution >= 0.6 is 0 Å². The van der Waals surface area contributed by atoms with E-state index in [1.165, 1.54) is 18.3 Å². The Kier molecular flexibility index (Phi) is 4.81. The van der Waals surface area contributed by atoms with Gasteiger partial charge in [0.2, 0.25) is 5.76 Å². The van der Waals surface area contributed by atoms with Crippen molar-refractivity contribution >= 4 is 11.9 Å². The van der Waals surface area contributed by atoms with Gasteiger partial charge in [0, 0.05) is 6.04 Å². The molecule has 6 heteroatoms. The molecule has 0 spiro atoms. The van der Waals surface area contributed by atoms with Gasteiger partial charge in [-0.05, 0) is 13.8 Å². The standard InChI is InChI=1S/C11H17NO5/c1-8(2)12(6-10(13)15-3)11(14)9-7-16-4-5-17-9/h7-8H,4-6H2,1-3H3. The minimum Gasteiger partial charge on any atom is -0.494 e. The highest BCUT2D eigenvalue weighted by Crippen LogP contribution is 2.11. The van der Waals surface area contributed by atoms with Crippen molar-refractivity contribution in [2.45, 2.75) is 19.9 Å². The molecule has 1 aliphatic rings. The number of hydrogen-bond donors (Lipinski definition) is 0. The van der Waals surface area contributed by atoms with Gasteiger partial charge in [-0.15, -0.1) is 0 Å². The highest BCUT2D eigenvalue weighted by molar-refractivity contribution is 5.93. The van der Waals surface area contributed by atoms with Gasteiger partial charge in [0.05, 0.1) is 7.11 Å². The van der Waals surface area contributed by atoms with Gasteiger partial charge < -0.3 is 19.1 Å². The van der Waals surface area contributed by atoms with Gasteiger partial charge in [0.25, 0.3) is 5.91 Å². The molecule has 0 bridgehead atoms. The second kappa shape index (κ2) is 6.12. The van der Waals surface area contributed by atoms with Crippen LogP contribution in [-0.4, -0.2) is 49.7 Å². The van der Waals surface area contributed by atoms with E-state index in [1.54, 1.807) is 0 Å². The Morgan fingerprint density at radius 2 is 2.18 bits per heavy atom. The Hall–Kier alpha value is -1.72. The summed E-state index contributed by atoms with van der Waals surface area (Å²) < 4.78 is 14.7. The van der Waals surface area contributed by atoms with Crippen molar-refractivity contribution in [3.8, 4) is 0 Å². The SMILES string of the molecule is COC(=O)CN(C(=O)C1=COCCO1)C(C)C. The van der Waals surface area contributed by atoms with E-state index in [2.05, 4.69) is 4.74 Å². The molecule has 0 saturated carbocycles. The van der Waals surface area contributed by atoms with Crippen LogP contribution in [0.4, 0.5) is 0 Å². The smallest absolute Gasteiger partial charge is 0.325 e. The van der Waals surface area contributed by atoms with Crippen LogP contribution in [0.5, 0.6) is 0 Å². The fraction of sp³-hybridized carbons (Fsp3) is 0.636. The van der Waals surface area contributed by atoms with Crippen molar-refractivity contribution in [2.24, 2.45) is 0 Å². The molecule has 0 atom stereocenters. The lowest BCUT2D eigenvalue weighted by Crippen LogP contribution is -2.42. The van der Waals surface area contributed by atoms with Crippen molar-refractivity contribution in [1.29, 1.82) is 0 Å². The summed E-state index contributed by atoms with van der Waals surface area (Å²) in [5.41, 5.74) is 0. The number of nitrogens with zero attached hydrogens (tertiary/aromatic N) is 1. The van der Waals surface area contributed by atoms with Crippen molar-refractivity contribution in [3.05, 3.63) is 12.0 Å². The molecule has 96 valence electrons. The third-order valence-electron chi connectivity index (χ3n) is 2.27. The van der Waals surface area contributed by atoms with Crippen LogP contribution in [0.25, 0.3) is 0 Å². The molecule has 0 aliphatic carbocycles. The predicted octanol–water partition coefficient (Wildman–Crippen LogP) is 0.285. The molecule has 0 aromatic carbocycles. The molecule has 0 N–H and O–H groups in total. The van der Waals surface area contributed by atoms with Gasteiger partial charge in [-0.2, -0.15) is 0 Å². The second-order valence-corrected chi connectivity index (χ2v) is 3.80. The molecule has 1 heterocycles. The van der Waals surface area contributed by atoms with Gasteiger partial charge in [-0.25, -0.2) is 0 Å². The first-order chi connectivity index (χ1) is 8.06. The van der Waals surface area contributed by atoms with Gasteiger partial charge in [-0.1, -0.05) is 0 Å². The van der Waals surface area contributed by atoms with Gasteiger partial charge in [0.15, 0.2) is 0 Å². The molecule has 0 unspecified atom stereocenters. The van der Waals surface area contributed by atoms with E-state index in [1.807, 2.05) is 13.8 Å². The second-order valence-electron chi connectivity index (χ2n) is 3.80. The van der Waals surface area contributed by atoms with Gasteiger partial charge in [0.1, 0.15) is 26.0 Å². The van der Waals surface area contributed by atoms with Crippen molar-refractivity contribution in [1.82, 2.24) is 4.90 Å². The van der Waals surface area contributed by atoms with Gasteiger partial charge >= 0.3 is 5.97 Å². The molecule has 0 saturated heterocycles. The van der Waals surface area contributed by atoms with E-state index in [-0.39, 0.29) is 24.3 Å². The van der Waals surface area contributed by atoms with Crippen LogP contribution in [0.15, 0.2) is 12.0 Å². The monoisotopic (exact) mass is 243 g/mol. The van der Waals surface area contributed by atoms with E-state index in [0.717, 1.165) is 0 Å². The first kappa shape index (κ1) is 13.3. The molecule has 0 radical (unpaired) electrons. The molecule has 1 rings (SSSR count). The summed E-state index contributed by atoms with van der Waals surface area (Å²) in [7, 11) is 1.28. The average Bonchev–Trinajstić information content (AvgIpc) is 2.35. The third kappa shape index (κ3) is 3.65. The molecule has 0 aromatic heterocycles. The fourth-order valence-electron chi connectivity index (χ4n) is 1.31. The maximum absolute atomic E-state index is 12.0. The lowest BCUT2D eigenvalue weighted by molar-refractivity contribution is -0.148. The number of carbonyl (C=O) groups excluding carboxylic acids is 2. The summed E-state index contributed by atoms with van der Waals surface area (Å²) in [5.74, 6) is -0.719. The number of hydrogen-bond acceptors (Lipinski definition) is 5. The van der Waals surface area contributed by atoms with Crippen LogP contribution < -0.4 is 0 Å². The Morgan fingerprint density at radius 1 is 1.47 bits per heavy atom. The normalized spacial score (nSPS) is 14.5. The average molecular weight is 243 g/mol. The molecule has 1 aliphatic heterocycles. The predicted molar refractivity (Wildman–Crippen MR) is 58.9 cm³/mol. The summed E-state index contributed by atoms with van der Waals surface area (Å²) in [6, 6.07) is -0.131. The lowest BCUT2D eigenvalue weighted by Gasteiger charge is -2.27. The summed E-state index contributed by atoms with van der Waals surface area (Å²) in [6.07, 6.45) is 1.28. The van der Waals surface area contributed by atoms with Crippen molar-refractivity contribution in [2.75, 3.05) is 26.9 Å². The number of esters is 1. The molecule has 6 nitrogen and oxygen atoms in total. The highest BCUT2D eigenvalue weighted by atomic mass is 16.6. The molecular formula is C11H17NO5. The number of carbonyl (C=O) groups is 2. The molecule has 17 heavy (non-hydrogen) atoms. The summed E-state index contributed by atoms with van der Waals surface area (Å²) in [5, 5.41) is 0. The zero-order chi connectivity index (χ0) is 12.8. The van der Waals surface area contributed by atoms with E-state index >= 15 is 0 Å². The third-order valence-corrected chi connectivity index (χ3v) is 2.27. The van der Waals surface area contributed by atoms with Crippen LogP contribution in [0, 0.1) is 0 Å². The van der Waals surface area contributed by atoms with Crippen LogP contribution in [0.2, 0.25) is 0 Å². The van der Waals surface area contributed by atoms with Crippen LogP contribution in [0.1, 0.15) is 13.8 Å². The maximum Gasteiger partial charge on any atom is 0.325 e. The molecular weight excluding hydrogens is 226 g/mol. The molecule has 0 fully saturated rings. The Bertz CT molecular complexity index is 324. The Balaban J connectivity index is 2.72. The summed E-state index contributed by atoms with van der Waals surface area (Å²) in [4.78, 5) is 24.6. The number of amides is 1. The van der Waals surface area contributed by atoms with Crippen molar-refractivity contribution in [3.63, 3.8) is 0 Å². The number of ether oxygens (including phenoxy) is 3. The molecule has 1 amide bonds. The molecule has 0 aromatic rings. The largest absolute Gasteiger partial charge is 0.494 e. The Morgan fingerprint density at radius 3 is 2.65 bits per heavy atom. The first-order valence-corrected chi connectivity index (χ1v) is 5.38. The van der Waals surface area contributed by atoms with Crippen LogP contribution in [0.3, 0.4) is 0 Å². The number of rotatable bonds is 4. The van der Waals surface area contributed by atoms with E-state index < -0.39 is 5.97 Å². The first-order valence-electron chi connectivity index (χ1n) is 5.38. The quantitative estimate of drug-likeness (QED) is 0.664. The Labute approximate surface area is 100 Å². The maximum atomic E-state index is 12.0. The minimum absolute atomic E-state index is 0.103. The summed E-state index contributed by atoms with van der Waals surface area (Å²) >= 11 is 0. The van der Waals surface area contributed by atoms with E-state index in [0.29, 0.717) is 13.2 Å². The van der Waals surface area contributed by atoms with Crippen molar-refractivity contribution < 1.29 is 23.8 Å². The fourth-order valence-corrected chi connectivity index (χ4v) is 1.31. The van der Waals surface area contributed by atoms with Crippen LogP contribution in [-0.2, 0) is 23.8 Å². The lowest BCUT2D eigenvalue weighted by atomic mass is 10.3. The highest BCUT2D eigenvalue weighted by Gasteiger charge is 2.26.